The van der Waals surface area contributed by atoms with Crippen LogP contribution in [0.5, 0.6) is 0 Å². The van der Waals surface area contributed by atoms with E-state index in [0.29, 0.717) is 25.3 Å². The van der Waals surface area contributed by atoms with Crippen molar-refractivity contribution in [1.29, 1.82) is 5.26 Å². The summed E-state index contributed by atoms with van der Waals surface area (Å²) in [7, 11) is 0. The smallest absolute Gasteiger partial charge is 0.262 e. The molecule has 0 saturated carbocycles. The van der Waals surface area contributed by atoms with Crippen LogP contribution >= 0.6 is 0 Å². The third-order valence-electron chi connectivity index (χ3n) is 5.30. The Morgan fingerprint density at radius 1 is 1.27 bits per heavy atom. The molecule has 2 aromatic carbocycles. The maximum Gasteiger partial charge on any atom is 0.262 e. The second kappa shape index (κ2) is 8.93. The summed E-state index contributed by atoms with van der Waals surface area (Å²) in [6.07, 6.45) is 5.35. The minimum Gasteiger partial charge on any atom is -0.376 e. The number of carbonyl (C=O) groups is 1. The lowest BCUT2D eigenvalue weighted by atomic mass is 10.1. The molecule has 30 heavy (non-hydrogen) atoms. The summed E-state index contributed by atoms with van der Waals surface area (Å²) in [5.74, 6) is -0.683. The van der Waals surface area contributed by atoms with E-state index in [2.05, 4.69) is 5.32 Å². The Morgan fingerprint density at radius 3 is 2.83 bits per heavy atom. The van der Waals surface area contributed by atoms with Crippen molar-refractivity contribution < 1.29 is 13.9 Å². The number of benzene rings is 2. The second-order valence-electron chi connectivity index (χ2n) is 7.34. The zero-order chi connectivity index (χ0) is 20.9. The van der Waals surface area contributed by atoms with Crippen molar-refractivity contribution in [2.45, 2.75) is 25.5 Å². The van der Waals surface area contributed by atoms with Gasteiger partial charge in [-0.3, -0.25) is 4.79 Å². The Balaban J connectivity index is 1.62. The number of carbonyl (C=O) groups excluding carboxylic acids is 1. The van der Waals surface area contributed by atoms with Crippen LogP contribution in [-0.4, -0.2) is 29.7 Å². The minimum atomic E-state index is -0.418. The molecule has 6 heteroatoms. The molecule has 1 fully saturated rings. The maximum absolute atomic E-state index is 14.1. The number of nitriles is 1. The third kappa shape index (κ3) is 4.27. The number of hydrogen-bond donors (Lipinski definition) is 1. The normalized spacial score (nSPS) is 16.5. The van der Waals surface area contributed by atoms with Gasteiger partial charge in [-0.25, -0.2) is 4.39 Å². The van der Waals surface area contributed by atoms with Crippen molar-refractivity contribution >= 4 is 22.9 Å². The number of amides is 1. The predicted molar refractivity (Wildman–Crippen MR) is 113 cm³/mol. The highest BCUT2D eigenvalue weighted by Gasteiger charge is 2.18. The number of rotatable bonds is 6. The Kier molecular flexibility index (Phi) is 5.92. The Morgan fingerprint density at radius 2 is 2.07 bits per heavy atom. The maximum atomic E-state index is 14.1. The van der Waals surface area contributed by atoms with Crippen LogP contribution in [0.1, 0.15) is 24.0 Å². The SMILES string of the molecule is N#C/C(=C/c1cn(Cc2ccccc2F)c2ccccc12)C(=O)NCC1CCCO1. The molecule has 0 aliphatic carbocycles. The fourth-order valence-corrected chi connectivity index (χ4v) is 3.74. The van der Waals surface area contributed by atoms with Crippen LogP contribution in [0.2, 0.25) is 0 Å². The van der Waals surface area contributed by atoms with Gasteiger partial charge in [-0.1, -0.05) is 36.4 Å². The summed E-state index contributed by atoms with van der Waals surface area (Å²) in [6, 6.07) is 16.3. The van der Waals surface area contributed by atoms with E-state index in [1.165, 1.54) is 6.07 Å². The fraction of sp³-hybridized carbons (Fsp3) is 0.250. The van der Waals surface area contributed by atoms with Crippen LogP contribution in [0.15, 0.2) is 60.3 Å². The van der Waals surface area contributed by atoms with E-state index < -0.39 is 5.91 Å². The van der Waals surface area contributed by atoms with Crippen LogP contribution in [0, 0.1) is 17.1 Å². The molecule has 1 aliphatic heterocycles. The molecule has 1 aromatic heterocycles. The number of halogens is 1. The van der Waals surface area contributed by atoms with E-state index in [0.717, 1.165) is 29.3 Å². The first-order chi connectivity index (χ1) is 14.7. The lowest BCUT2D eigenvalue weighted by Gasteiger charge is -2.10. The van der Waals surface area contributed by atoms with Gasteiger partial charge < -0.3 is 14.6 Å². The second-order valence-corrected chi connectivity index (χ2v) is 7.34. The quantitative estimate of drug-likeness (QED) is 0.499. The molecule has 1 aliphatic rings. The summed E-state index contributed by atoms with van der Waals surface area (Å²) < 4.78 is 21.6. The van der Waals surface area contributed by atoms with Crippen molar-refractivity contribution in [2.75, 3.05) is 13.2 Å². The van der Waals surface area contributed by atoms with Gasteiger partial charge in [0.2, 0.25) is 0 Å². The molecule has 0 spiro atoms. The highest BCUT2D eigenvalue weighted by Crippen LogP contribution is 2.25. The number of hydrogen-bond acceptors (Lipinski definition) is 3. The molecule has 4 rings (SSSR count). The standard InChI is InChI=1S/C24H22FN3O2/c25-22-9-3-1-6-17(22)15-28-16-19(21-8-2-4-10-23(21)28)12-18(13-26)24(29)27-14-20-7-5-11-30-20/h1-4,6,8-10,12,16,20H,5,7,11,14-15H2,(H,27,29)/b18-12-. The van der Waals surface area contributed by atoms with Crippen molar-refractivity contribution in [3.05, 3.63) is 77.2 Å². The lowest BCUT2D eigenvalue weighted by Crippen LogP contribution is -2.32. The van der Waals surface area contributed by atoms with E-state index in [9.17, 15) is 14.4 Å². The molecule has 1 unspecified atom stereocenters. The highest BCUT2D eigenvalue weighted by molar-refractivity contribution is 6.04. The molecule has 152 valence electrons. The van der Waals surface area contributed by atoms with E-state index in [1.54, 1.807) is 24.3 Å². The molecule has 1 saturated heterocycles. The van der Waals surface area contributed by atoms with Crippen LogP contribution in [0.25, 0.3) is 17.0 Å². The van der Waals surface area contributed by atoms with Crippen LogP contribution in [0.3, 0.4) is 0 Å². The molecule has 1 atom stereocenters. The molecule has 2 heterocycles. The van der Waals surface area contributed by atoms with Crippen molar-refractivity contribution in [1.82, 2.24) is 9.88 Å². The summed E-state index contributed by atoms with van der Waals surface area (Å²) >= 11 is 0. The molecular weight excluding hydrogens is 381 g/mol. The van der Waals surface area contributed by atoms with Gasteiger partial charge in [0.05, 0.1) is 12.6 Å². The Hall–Kier alpha value is -3.43. The number of aromatic nitrogens is 1. The van der Waals surface area contributed by atoms with Gasteiger partial charge in [-0.05, 0) is 31.1 Å². The van der Waals surface area contributed by atoms with Crippen molar-refractivity contribution in [2.24, 2.45) is 0 Å². The number of para-hydroxylation sites is 1. The van der Waals surface area contributed by atoms with Crippen LogP contribution in [-0.2, 0) is 16.1 Å². The summed E-state index contributed by atoms with van der Waals surface area (Å²) in [6.45, 7) is 1.46. The predicted octanol–water partition coefficient (Wildman–Crippen LogP) is 4.03. The van der Waals surface area contributed by atoms with Crippen molar-refractivity contribution in [3.63, 3.8) is 0 Å². The minimum absolute atomic E-state index is 0.0107. The average Bonchev–Trinajstić information content (AvgIpc) is 3.40. The number of ether oxygens (including phenoxy) is 1. The molecule has 0 radical (unpaired) electrons. The van der Waals surface area contributed by atoms with Gasteiger partial charge in [0, 0.05) is 41.4 Å². The number of nitrogens with zero attached hydrogens (tertiary/aromatic N) is 2. The topological polar surface area (TPSA) is 67.0 Å². The molecule has 3 aromatic rings. The summed E-state index contributed by atoms with van der Waals surface area (Å²) in [5, 5.41) is 13.2. The molecule has 5 nitrogen and oxygen atoms in total. The summed E-state index contributed by atoms with van der Waals surface area (Å²) in [4.78, 5) is 12.5. The van der Waals surface area contributed by atoms with Gasteiger partial charge in [0.1, 0.15) is 17.5 Å². The highest BCUT2D eigenvalue weighted by atomic mass is 19.1. The van der Waals surface area contributed by atoms with Gasteiger partial charge in [-0.2, -0.15) is 5.26 Å². The molecule has 1 N–H and O–H groups in total. The van der Waals surface area contributed by atoms with E-state index >= 15 is 0 Å². The van der Waals surface area contributed by atoms with Gasteiger partial charge >= 0.3 is 0 Å². The first-order valence-electron chi connectivity index (χ1n) is 9.98. The van der Waals surface area contributed by atoms with Gasteiger partial charge in [0.25, 0.3) is 5.91 Å². The molecule has 1 amide bonds. The van der Waals surface area contributed by atoms with E-state index in [4.69, 9.17) is 4.74 Å². The fourth-order valence-electron chi connectivity index (χ4n) is 3.74. The Labute approximate surface area is 174 Å². The lowest BCUT2D eigenvalue weighted by molar-refractivity contribution is -0.117. The molecular formula is C24H22FN3O2. The number of fused-ring (bicyclic) bond motifs is 1. The summed E-state index contributed by atoms with van der Waals surface area (Å²) in [5.41, 5.74) is 2.25. The van der Waals surface area contributed by atoms with Crippen LogP contribution in [0.4, 0.5) is 4.39 Å². The van der Waals surface area contributed by atoms with E-state index in [1.807, 2.05) is 41.1 Å². The monoisotopic (exact) mass is 403 g/mol. The molecule has 0 bridgehead atoms. The first kappa shape index (κ1) is 19.9. The van der Waals surface area contributed by atoms with Crippen molar-refractivity contribution in [3.8, 4) is 6.07 Å². The average molecular weight is 403 g/mol. The van der Waals surface area contributed by atoms with Gasteiger partial charge in [0.15, 0.2) is 0 Å². The zero-order valence-corrected chi connectivity index (χ0v) is 16.5. The van der Waals surface area contributed by atoms with Crippen LogP contribution < -0.4 is 5.32 Å². The number of nitrogens with one attached hydrogen (secondary N) is 1. The van der Waals surface area contributed by atoms with Gasteiger partial charge in [-0.15, -0.1) is 0 Å². The Bertz CT molecular complexity index is 1140. The first-order valence-corrected chi connectivity index (χ1v) is 9.98. The third-order valence-corrected chi connectivity index (χ3v) is 5.30. The van der Waals surface area contributed by atoms with E-state index in [-0.39, 0.29) is 17.5 Å². The largest absolute Gasteiger partial charge is 0.376 e. The zero-order valence-electron chi connectivity index (χ0n) is 16.5.